The monoisotopic (exact) mass is 478 g/mol. The second-order valence-corrected chi connectivity index (χ2v) is 12.9. The van der Waals surface area contributed by atoms with Crippen LogP contribution in [-0.4, -0.2) is 29.1 Å². The highest BCUT2D eigenvalue weighted by Gasteiger charge is 2.29. The van der Waals surface area contributed by atoms with E-state index in [-0.39, 0.29) is 22.5 Å². The smallest absolute Gasteiger partial charge is 0.262 e. The van der Waals surface area contributed by atoms with E-state index in [1.165, 1.54) is 4.31 Å². The Hall–Kier alpha value is -2.06. The molecule has 2 aromatic carbocycles. The van der Waals surface area contributed by atoms with Gasteiger partial charge in [0.2, 0.25) is 10.0 Å². The molecular weight excluding hydrogens is 444 g/mol. The third-order valence-electron chi connectivity index (χ3n) is 5.96. The first-order valence-corrected chi connectivity index (χ1v) is 14.2. The Bertz CT molecular complexity index is 1170. The molecule has 3 rings (SSSR count). The van der Waals surface area contributed by atoms with Crippen LogP contribution >= 0.6 is 0 Å². The number of hydrogen-bond acceptors (Lipinski definition) is 4. The molecule has 0 unspecified atom stereocenters. The molecule has 1 aliphatic heterocycles. The standard InChI is InChI=1S/C24H34N2O4S2/c1-16(2)21-10-9-11-22(17(3)4)23(21)25-32(29,30)24-18(5)14-20(15-19(24)6)26-12-7-8-13-31(26,27)28/h9-11,14-17,25H,7-8,12-13H2,1-6H3. The summed E-state index contributed by atoms with van der Waals surface area (Å²) in [7, 11) is -7.25. The molecule has 176 valence electrons. The van der Waals surface area contributed by atoms with E-state index in [9.17, 15) is 16.8 Å². The zero-order valence-corrected chi connectivity index (χ0v) is 21.4. The van der Waals surface area contributed by atoms with Crippen LogP contribution < -0.4 is 9.03 Å². The summed E-state index contributed by atoms with van der Waals surface area (Å²) < 4.78 is 56.5. The van der Waals surface area contributed by atoms with Crippen molar-refractivity contribution in [1.82, 2.24) is 0 Å². The maximum Gasteiger partial charge on any atom is 0.262 e. The van der Waals surface area contributed by atoms with E-state index in [0.717, 1.165) is 17.5 Å². The molecule has 0 radical (unpaired) electrons. The van der Waals surface area contributed by atoms with E-state index in [0.29, 0.717) is 35.5 Å². The van der Waals surface area contributed by atoms with Gasteiger partial charge in [0.1, 0.15) is 0 Å². The van der Waals surface area contributed by atoms with Crippen LogP contribution in [0.25, 0.3) is 0 Å². The van der Waals surface area contributed by atoms with Crippen molar-refractivity contribution < 1.29 is 16.8 Å². The molecule has 1 fully saturated rings. The number of sulfonamides is 2. The average molecular weight is 479 g/mol. The minimum absolute atomic E-state index is 0.122. The normalized spacial score (nSPS) is 16.6. The molecule has 0 saturated carbocycles. The number of hydrogen-bond donors (Lipinski definition) is 1. The molecule has 2 aromatic rings. The van der Waals surface area contributed by atoms with Crippen LogP contribution in [0.4, 0.5) is 11.4 Å². The number of para-hydroxylation sites is 1. The predicted molar refractivity (Wildman–Crippen MR) is 132 cm³/mol. The summed E-state index contributed by atoms with van der Waals surface area (Å²) in [5.41, 5.74) is 4.13. The van der Waals surface area contributed by atoms with Crippen LogP contribution in [0.2, 0.25) is 0 Å². The first-order valence-electron chi connectivity index (χ1n) is 11.1. The Morgan fingerprint density at radius 2 is 1.47 bits per heavy atom. The zero-order chi connectivity index (χ0) is 23.8. The summed E-state index contributed by atoms with van der Waals surface area (Å²) in [4.78, 5) is 0.198. The highest BCUT2D eigenvalue weighted by Crippen LogP contribution is 2.36. The van der Waals surface area contributed by atoms with Crippen LogP contribution in [0.5, 0.6) is 0 Å². The SMILES string of the molecule is Cc1cc(N2CCCCS2(=O)=O)cc(C)c1S(=O)(=O)Nc1c(C(C)C)cccc1C(C)C. The summed E-state index contributed by atoms with van der Waals surface area (Å²) in [6.45, 7) is 12.0. The molecule has 1 saturated heterocycles. The summed E-state index contributed by atoms with van der Waals surface area (Å²) in [6.07, 6.45) is 1.45. The first-order chi connectivity index (χ1) is 14.8. The van der Waals surface area contributed by atoms with Gasteiger partial charge in [-0.2, -0.15) is 0 Å². The van der Waals surface area contributed by atoms with Gasteiger partial charge in [-0.3, -0.25) is 9.03 Å². The van der Waals surface area contributed by atoms with Gasteiger partial charge in [-0.05, 0) is 72.9 Å². The summed E-state index contributed by atoms with van der Waals surface area (Å²) in [5.74, 6) is 0.428. The molecule has 1 heterocycles. The highest BCUT2D eigenvalue weighted by atomic mass is 32.2. The number of benzene rings is 2. The summed E-state index contributed by atoms with van der Waals surface area (Å²) in [5, 5.41) is 0. The van der Waals surface area contributed by atoms with E-state index < -0.39 is 20.0 Å². The molecule has 0 bridgehead atoms. The van der Waals surface area contributed by atoms with Gasteiger partial charge < -0.3 is 0 Å². The van der Waals surface area contributed by atoms with Crippen molar-refractivity contribution in [3.8, 4) is 0 Å². The maximum atomic E-state index is 13.6. The van der Waals surface area contributed by atoms with Crippen LogP contribution in [0.1, 0.15) is 74.6 Å². The van der Waals surface area contributed by atoms with Gasteiger partial charge in [-0.15, -0.1) is 0 Å². The van der Waals surface area contributed by atoms with E-state index in [1.54, 1.807) is 26.0 Å². The van der Waals surface area contributed by atoms with Gasteiger partial charge in [0.15, 0.2) is 0 Å². The van der Waals surface area contributed by atoms with Crippen molar-refractivity contribution in [2.45, 2.75) is 71.1 Å². The van der Waals surface area contributed by atoms with E-state index in [4.69, 9.17) is 0 Å². The number of nitrogens with one attached hydrogen (secondary N) is 1. The van der Waals surface area contributed by atoms with Crippen molar-refractivity contribution in [1.29, 1.82) is 0 Å². The molecule has 8 heteroatoms. The maximum absolute atomic E-state index is 13.6. The molecule has 1 N–H and O–H groups in total. The molecular formula is C24H34N2O4S2. The number of anilines is 2. The van der Waals surface area contributed by atoms with Crippen molar-refractivity contribution in [2.24, 2.45) is 0 Å². The van der Waals surface area contributed by atoms with Crippen molar-refractivity contribution in [2.75, 3.05) is 21.3 Å². The van der Waals surface area contributed by atoms with Crippen molar-refractivity contribution in [3.63, 3.8) is 0 Å². The second-order valence-electron chi connectivity index (χ2n) is 9.23. The first kappa shape index (κ1) is 24.6. The van der Waals surface area contributed by atoms with Gasteiger partial charge in [0.05, 0.1) is 22.0 Å². The largest absolute Gasteiger partial charge is 0.279 e. The van der Waals surface area contributed by atoms with Crippen LogP contribution in [0, 0.1) is 13.8 Å². The molecule has 6 nitrogen and oxygen atoms in total. The summed E-state index contributed by atoms with van der Waals surface area (Å²) >= 11 is 0. The van der Waals surface area contributed by atoms with Crippen LogP contribution in [0.15, 0.2) is 35.2 Å². The predicted octanol–water partition coefficient (Wildman–Crippen LogP) is 5.28. The Morgan fingerprint density at radius 3 is 1.94 bits per heavy atom. The lowest BCUT2D eigenvalue weighted by Crippen LogP contribution is -2.38. The fraction of sp³-hybridized carbons (Fsp3) is 0.500. The molecule has 0 atom stereocenters. The van der Waals surface area contributed by atoms with Crippen molar-refractivity contribution in [3.05, 3.63) is 52.6 Å². The van der Waals surface area contributed by atoms with E-state index in [1.807, 2.05) is 45.9 Å². The van der Waals surface area contributed by atoms with Gasteiger partial charge in [-0.1, -0.05) is 45.9 Å². The Morgan fingerprint density at radius 1 is 0.938 bits per heavy atom. The molecule has 32 heavy (non-hydrogen) atoms. The fourth-order valence-electron chi connectivity index (χ4n) is 4.43. The third-order valence-corrected chi connectivity index (χ3v) is 9.48. The molecule has 0 aromatic heterocycles. The average Bonchev–Trinajstić information content (AvgIpc) is 2.66. The topological polar surface area (TPSA) is 83.6 Å². The van der Waals surface area contributed by atoms with Crippen LogP contribution in [-0.2, 0) is 20.0 Å². The Kier molecular flexibility index (Phi) is 6.96. The van der Waals surface area contributed by atoms with Gasteiger partial charge in [-0.25, -0.2) is 16.8 Å². The third kappa shape index (κ3) is 4.81. The Balaban J connectivity index is 2.08. The highest BCUT2D eigenvalue weighted by molar-refractivity contribution is 7.93. The van der Waals surface area contributed by atoms with Crippen molar-refractivity contribution >= 4 is 31.4 Å². The van der Waals surface area contributed by atoms with Gasteiger partial charge in [0, 0.05) is 6.54 Å². The quantitative estimate of drug-likeness (QED) is 0.612. The lowest BCUT2D eigenvalue weighted by molar-refractivity contribution is 0.574. The molecule has 0 spiro atoms. The minimum Gasteiger partial charge on any atom is -0.279 e. The second kappa shape index (κ2) is 9.06. The fourth-order valence-corrected chi connectivity index (χ4v) is 7.62. The van der Waals surface area contributed by atoms with E-state index in [2.05, 4.69) is 4.72 Å². The minimum atomic E-state index is -3.88. The van der Waals surface area contributed by atoms with Gasteiger partial charge in [0.25, 0.3) is 10.0 Å². The molecule has 0 aliphatic carbocycles. The number of rotatable bonds is 6. The lowest BCUT2D eigenvalue weighted by atomic mass is 9.93. The summed E-state index contributed by atoms with van der Waals surface area (Å²) in [6, 6.07) is 9.22. The number of aryl methyl sites for hydroxylation is 2. The van der Waals surface area contributed by atoms with Crippen LogP contribution in [0.3, 0.4) is 0 Å². The lowest BCUT2D eigenvalue weighted by Gasteiger charge is -2.29. The van der Waals surface area contributed by atoms with E-state index >= 15 is 0 Å². The Labute approximate surface area is 193 Å². The number of nitrogens with zero attached hydrogens (tertiary/aromatic N) is 1. The zero-order valence-electron chi connectivity index (χ0n) is 19.8. The molecule has 1 aliphatic rings. The molecule has 0 amide bonds. The van der Waals surface area contributed by atoms with Gasteiger partial charge >= 0.3 is 0 Å².